The van der Waals surface area contributed by atoms with Crippen LogP contribution in [-0.2, 0) is 4.74 Å². The monoisotopic (exact) mass is 140 g/mol. The molecule has 0 bridgehead atoms. The van der Waals surface area contributed by atoms with E-state index in [1.165, 1.54) is 6.42 Å². The number of hydrogen-bond donors (Lipinski definition) is 0. The molecule has 1 heteroatoms. The van der Waals surface area contributed by atoms with E-state index in [-0.39, 0.29) is 0 Å². The molecule has 58 valence electrons. The van der Waals surface area contributed by atoms with E-state index in [0.29, 0.717) is 6.61 Å². The summed E-state index contributed by atoms with van der Waals surface area (Å²) >= 11 is 0. The van der Waals surface area contributed by atoms with E-state index in [9.17, 15) is 0 Å². The average molecular weight is 140 g/mol. The van der Waals surface area contributed by atoms with Crippen LogP contribution in [0.2, 0.25) is 0 Å². The Morgan fingerprint density at radius 2 is 2.10 bits per heavy atom. The Morgan fingerprint density at radius 1 is 1.30 bits per heavy atom. The number of unbranched alkanes of at least 4 members (excludes halogenated alkanes) is 3. The van der Waals surface area contributed by atoms with Crippen LogP contribution in [0.1, 0.15) is 25.7 Å². The molecule has 0 saturated heterocycles. The van der Waals surface area contributed by atoms with Crippen LogP contribution in [-0.4, -0.2) is 13.2 Å². The van der Waals surface area contributed by atoms with E-state index in [1.54, 1.807) is 6.08 Å². The SMILES string of the molecule is [CH]CCCCCOCC=C. The molecule has 0 aromatic carbocycles. The lowest BCUT2D eigenvalue weighted by Crippen LogP contribution is -1.93. The van der Waals surface area contributed by atoms with Gasteiger partial charge in [0.1, 0.15) is 0 Å². The molecule has 1 nitrogen and oxygen atoms in total. The van der Waals surface area contributed by atoms with Gasteiger partial charge in [0.2, 0.25) is 0 Å². The van der Waals surface area contributed by atoms with Crippen molar-refractivity contribution in [2.75, 3.05) is 13.2 Å². The zero-order chi connectivity index (χ0) is 7.66. The molecule has 10 heavy (non-hydrogen) atoms. The molecule has 0 aliphatic heterocycles. The Bertz CT molecular complexity index is 69.1. The van der Waals surface area contributed by atoms with Gasteiger partial charge in [-0.05, 0) is 19.8 Å². The molecule has 0 heterocycles. The predicted molar refractivity (Wildman–Crippen MR) is 43.8 cm³/mol. The van der Waals surface area contributed by atoms with Crippen LogP contribution in [0.15, 0.2) is 12.7 Å². The van der Waals surface area contributed by atoms with E-state index in [4.69, 9.17) is 11.7 Å². The van der Waals surface area contributed by atoms with Crippen molar-refractivity contribution in [3.8, 4) is 0 Å². The molecular formula is C9H16O. The third-order valence-electron chi connectivity index (χ3n) is 1.23. The van der Waals surface area contributed by atoms with Crippen molar-refractivity contribution < 1.29 is 4.74 Å². The third kappa shape index (κ3) is 7.70. The van der Waals surface area contributed by atoms with E-state index in [1.807, 2.05) is 0 Å². The summed E-state index contributed by atoms with van der Waals surface area (Å²) < 4.78 is 5.17. The molecule has 0 N–H and O–H groups in total. The topological polar surface area (TPSA) is 9.23 Å². The summed E-state index contributed by atoms with van der Waals surface area (Å²) in [6, 6.07) is 0. The third-order valence-corrected chi connectivity index (χ3v) is 1.23. The minimum absolute atomic E-state index is 0.669. The molecule has 0 aliphatic carbocycles. The maximum atomic E-state index is 5.31. The first-order chi connectivity index (χ1) is 4.91. The lowest BCUT2D eigenvalue weighted by atomic mass is 10.2. The standard InChI is InChI=1S/C9H16O/c1-3-5-6-7-9-10-8-4-2/h1,4H,2-3,5-9H2. The van der Waals surface area contributed by atoms with E-state index in [2.05, 4.69) is 6.58 Å². The number of hydrogen-bond acceptors (Lipinski definition) is 1. The van der Waals surface area contributed by atoms with Crippen molar-refractivity contribution in [1.82, 2.24) is 0 Å². The summed E-state index contributed by atoms with van der Waals surface area (Å²) in [5.41, 5.74) is 0. The van der Waals surface area contributed by atoms with Crippen LogP contribution >= 0.6 is 0 Å². The molecule has 0 aliphatic rings. The van der Waals surface area contributed by atoms with Crippen molar-refractivity contribution in [3.05, 3.63) is 19.6 Å². The summed E-state index contributed by atoms with van der Waals surface area (Å²) in [4.78, 5) is 0. The Kier molecular flexibility index (Phi) is 8.44. The van der Waals surface area contributed by atoms with E-state index < -0.39 is 0 Å². The molecule has 0 fully saturated rings. The molecule has 0 rings (SSSR count). The van der Waals surface area contributed by atoms with Crippen LogP contribution in [0, 0.1) is 6.92 Å². The highest BCUT2D eigenvalue weighted by Gasteiger charge is 1.86. The quantitative estimate of drug-likeness (QED) is 0.390. The van der Waals surface area contributed by atoms with Gasteiger partial charge in [0.15, 0.2) is 0 Å². The summed E-state index contributed by atoms with van der Waals surface area (Å²) in [5, 5.41) is 0. The minimum atomic E-state index is 0.669. The second kappa shape index (κ2) is 8.70. The second-order valence-electron chi connectivity index (χ2n) is 2.21. The molecule has 0 saturated carbocycles. The van der Waals surface area contributed by atoms with E-state index >= 15 is 0 Å². The highest BCUT2D eigenvalue weighted by Crippen LogP contribution is 1.98. The molecule has 2 radical (unpaired) electrons. The van der Waals surface area contributed by atoms with Crippen molar-refractivity contribution in [2.45, 2.75) is 25.7 Å². The Morgan fingerprint density at radius 3 is 2.70 bits per heavy atom. The van der Waals surface area contributed by atoms with Gasteiger partial charge in [0.25, 0.3) is 0 Å². The zero-order valence-electron chi connectivity index (χ0n) is 6.51. The lowest BCUT2D eigenvalue weighted by Gasteiger charge is -1.98. The molecular weight excluding hydrogens is 124 g/mol. The van der Waals surface area contributed by atoms with Gasteiger partial charge in [-0.3, -0.25) is 0 Å². The van der Waals surface area contributed by atoms with Gasteiger partial charge >= 0.3 is 0 Å². The molecule has 0 atom stereocenters. The highest BCUT2D eigenvalue weighted by molar-refractivity contribution is 4.63. The normalized spacial score (nSPS) is 9.70. The Balaban J connectivity index is 2.70. The predicted octanol–water partition coefficient (Wildman–Crippen LogP) is 2.46. The van der Waals surface area contributed by atoms with Crippen LogP contribution < -0.4 is 0 Å². The maximum Gasteiger partial charge on any atom is 0.0644 e. The Hall–Kier alpha value is -0.300. The van der Waals surface area contributed by atoms with Crippen LogP contribution in [0.5, 0.6) is 0 Å². The van der Waals surface area contributed by atoms with Gasteiger partial charge in [-0.15, -0.1) is 6.58 Å². The summed E-state index contributed by atoms with van der Waals surface area (Å²) in [5.74, 6) is 0. The largest absolute Gasteiger partial charge is 0.377 e. The first kappa shape index (κ1) is 9.70. The van der Waals surface area contributed by atoms with Crippen molar-refractivity contribution in [1.29, 1.82) is 0 Å². The summed E-state index contributed by atoms with van der Waals surface area (Å²) in [6.45, 7) is 10.4. The molecule has 0 aromatic heterocycles. The van der Waals surface area contributed by atoms with Crippen LogP contribution in [0.25, 0.3) is 0 Å². The molecule has 0 aromatic rings. The first-order valence-electron chi connectivity index (χ1n) is 3.80. The number of ether oxygens (including phenoxy) is 1. The van der Waals surface area contributed by atoms with Gasteiger partial charge in [0, 0.05) is 6.61 Å². The van der Waals surface area contributed by atoms with Crippen molar-refractivity contribution in [3.63, 3.8) is 0 Å². The Labute approximate surface area is 64.1 Å². The lowest BCUT2D eigenvalue weighted by molar-refractivity contribution is 0.157. The van der Waals surface area contributed by atoms with Gasteiger partial charge in [0.05, 0.1) is 6.61 Å². The van der Waals surface area contributed by atoms with Gasteiger partial charge in [-0.2, -0.15) is 0 Å². The number of rotatable bonds is 7. The maximum absolute atomic E-state index is 5.31. The average Bonchev–Trinajstić information content (AvgIpc) is 1.97. The summed E-state index contributed by atoms with van der Waals surface area (Å²) in [6.07, 6.45) is 5.96. The fourth-order valence-corrected chi connectivity index (χ4v) is 0.692. The second-order valence-corrected chi connectivity index (χ2v) is 2.21. The summed E-state index contributed by atoms with van der Waals surface area (Å²) in [7, 11) is 0. The van der Waals surface area contributed by atoms with E-state index in [0.717, 1.165) is 25.9 Å². The minimum Gasteiger partial charge on any atom is -0.377 e. The van der Waals surface area contributed by atoms with Crippen LogP contribution in [0.4, 0.5) is 0 Å². The highest BCUT2D eigenvalue weighted by atomic mass is 16.5. The fraction of sp³-hybridized carbons (Fsp3) is 0.667. The van der Waals surface area contributed by atoms with Crippen molar-refractivity contribution >= 4 is 0 Å². The smallest absolute Gasteiger partial charge is 0.0644 e. The van der Waals surface area contributed by atoms with Crippen molar-refractivity contribution in [2.24, 2.45) is 0 Å². The van der Waals surface area contributed by atoms with Gasteiger partial charge < -0.3 is 4.74 Å². The zero-order valence-corrected chi connectivity index (χ0v) is 6.51. The molecule has 0 amide bonds. The fourth-order valence-electron chi connectivity index (χ4n) is 0.692. The van der Waals surface area contributed by atoms with Crippen LogP contribution in [0.3, 0.4) is 0 Å². The van der Waals surface area contributed by atoms with Gasteiger partial charge in [-0.1, -0.05) is 18.9 Å². The van der Waals surface area contributed by atoms with Gasteiger partial charge in [-0.25, -0.2) is 0 Å². The molecule has 0 unspecified atom stereocenters. The molecule has 0 spiro atoms. The first-order valence-corrected chi connectivity index (χ1v) is 3.80.